The molecule has 0 bridgehead atoms. The van der Waals surface area contributed by atoms with Gasteiger partial charge in [0.25, 0.3) is 0 Å². The van der Waals surface area contributed by atoms with Gasteiger partial charge in [0.2, 0.25) is 0 Å². The third-order valence-corrected chi connectivity index (χ3v) is 21.2. The van der Waals surface area contributed by atoms with Crippen molar-refractivity contribution in [1.82, 2.24) is 0 Å². The summed E-state index contributed by atoms with van der Waals surface area (Å²) in [5.41, 5.74) is 4.23. The van der Waals surface area contributed by atoms with Gasteiger partial charge in [0.15, 0.2) is 0 Å². The molecule has 3 aromatic rings. The molecular formula is C45H75O3Si4Ti-. The van der Waals surface area contributed by atoms with Gasteiger partial charge in [0, 0.05) is 40.0 Å². The molecule has 53 heavy (non-hydrogen) atoms. The van der Waals surface area contributed by atoms with Crippen LogP contribution in [0.25, 0.3) is 0 Å². The van der Waals surface area contributed by atoms with Crippen LogP contribution in [0.15, 0.2) is 89.5 Å². The summed E-state index contributed by atoms with van der Waals surface area (Å²) >= 11 is 0. The Kier molecular flexibility index (Phi) is 20.1. The zero-order valence-electron chi connectivity index (χ0n) is 37.0. The van der Waals surface area contributed by atoms with Crippen LogP contribution < -0.4 is 31.1 Å². The topological polar surface area (TPSA) is 60.7 Å². The molecular weight excluding hydrogens is 749 g/mol. The SMILES string of the molecule is CC(C)O.CC(C)O.CC(C)O.CC1=[C-]C(C)([Si](c2cccc([Si](C)(C)C)c2)(c2cccc([Si](C)(C)C)c2)c2cccc([Si](C)(C)C)c2)C(C)=C1C.[Ti]. The van der Waals surface area contributed by atoms with Gasteiger partial charge in [0.05, 0.1) is 24.2 Å². The Bertz CT molecular complexity index is 1490. The molecule has 0 saturated carbocycles. The number of hydrogen-bond acceptors (Lipinski definition) is 3. The van der Waals surface area contributed by atoms with Crippen LogP contribution in [-0.4, -0.2) is 65.9 Å². The number of aliphatic hydroxyl groups is 3. The number of hydrogen-bond donors (Lipinski definition) is 3. The Hall–Kier alpha value is -1.40. The maximum absolute atomic E-state index is 8.06. The molecule has 0 saturated heterocycles. The second-order valence-corrected chi connectivity index (χ2v) is 38.1. The van der Waals surface area contributed by atoms with E-state index in [2.05, 4.69) is 165 Å². The fourth-order valence-corrected chi connectivity index (χ4v) is 16.6. The summed E-state index contributed by atoms with van der Waals surface area (Å²) in [4.78, 5) is 0. The average Bonchev–Trinajstić information content (AvgIpc) is 3.18. The zero-order chi connectivity index (χ0) is 40.6. The van der Waals surface area contributed by atoms with Gasteiger partial charge in [-0.05, 0) is 57.1 Å². The smallest absolute Gasteiger partial charge is 0.143 e. The maximum Gasteiger partial charge on any atom is 0.143 e. The minimum absolute atomic E-state index is 0. The van der Waals surface area contributed by atoms with Crippen molar-refractivity contribution in [2.24, 2.45) is 0 Å². The summed E-state index contributed by atoms with van der Waals surface area (Å²) in [6, 6.07) is 29.6. The van der Waals surface area contributed by atoms with Crippen molar-refractivity contribution in [3.8, 4) is 0 Å². The maximum atomic E-state index is 8.06. The number of benzene rings is 3. The first-order valence-corrected chi connectivity index (χ1v) is 31.7. The van der Waals surface area contributed by atoms with E-state index < -0.39 is 32.3 Å². The van der Waals surface area contributed by atoms with Crippen LogP contribution in [0.2, 0.25) is 64.0 Å². The van der Waals surface area contributed by atoms with Crippen molar-refractivity contribution in [3.63, 3.8) is 0 Å². The summed E-state index contributed by atoms with van der Waals surface area (Å²) in [6.07, 6.45) is 3.68. The predicted molar refractivity (Wildman–Crippen MR) is 244 cm³/mol. The van der Waals surface area contributed by atoms with Crippen molar-refractivity contribution in [2.75, 3.05) is 0 Å². The summed E-state index contributed by atoms with van der Waals surface area (Å²) in [5.74, 6) is 0. The molecule has 3 aromatic carbocycles. The summed E-state index contributed by atoms with van der Waals surface area (Å²) in [5, 5.41) is 33.2. The number of allylic oxidation sites excluding steroid dienone is 4. The van der Waals surface area contributed by atoms with E-state index in [0.29, 0.717) is 0 Å². The first-order chi connectivity index (χ1) is 23.5. The quantitative estimate of drug-likeness (QED) is 0.130. The molecule has 0 aliphatic heterocycles. The molecule has 294 valence electrons. The van der Waals surface area contributed by atoms with Crippen LogP contribution in [-0.2, 0) is 21.7 Å². The van der Waals surface area contributed by atoms with Crippen LogP contribution in [0.5, 0.6) is 0 Å². The fraction of sp³-hybridized carbons (Fsp3) is 0.511. The van der Waals surface area contributed by atoms with Gasteiger partial charge in [-0.15, -0.1) is 6.92 Å². The molecule has 0 fully saturated rings. The molecule has 3 nitrogen and oxygen atoms in total. The van der Waals surface area contributed by atoms with Crippen LogP contribution in [0.3, 0.4) is 0 Å². The first kappa shape index (κ1) is 51.6. The molecule has 1 unspecified atom stereocenters. The van der Waals surface area contributed by atoms with Crippen molar-refractivity contribution in [3.05, 3.63) is 95.6 Å². The average molecular weight is 824 g/mol. The molecule has 0 aromatic heterocycles. The van der Waals surface area contributed by atoms with Crippen LogP contribution in [0, 0.1) is 6.08 Å². The van der Waals surface area contributed by atoms with Crippen molar-refractivity contribution in [2.45, 2.75) is 152 Å². The number of aliphatic hydroxyl groups excluding tert-OH is 3. The van der Waals surface area contributed by atoms with E-state index in [1.54, 1.807) is 57.1 Å². The van der Waals surface area contributed by atoms with Crippen LogP contribution >= 0.6 is 0 Å². The summed E-state index contributed by atoms with van der Waals surface area (Å²) in [6.45, 7) is 42.2. The minimum Gasteiger partial charge on any atom is -0.394 e. The van der Waals surface area contributed by atoms with E-state index in [1.807, 2.05) is 0 Å². The molecule has 0 heterocycles. The summed E-state index contributed by atoms with van der Waals surface area (Å²) in [7, 11) is -7.33. The summed E-state index contributed by atoms with van der Waals surface area (Å²) < 4.78 is 0. The third kappa shape index (κ3) is 13.9. The van der Waals surface area contributed by atoms with Gasteiger partial charge in [-0.3, -0.25) is 6.08 Å². The van der Waals surface area contributed by atoms with Gasteiger partial charge in [-0.25, -0.2) is 5.57 Å². The minimum atomic E-state index is -2.72. The Morgan fingerprint density at radius 2 is 0.717 bits per heavy atom. The Balaban J connectivity index is 0.00000182. The second-order valence-electron chi connectivity index (χ2n) is 18.6. The standard InChI is InChI=1S/C36H51Si4.3C3H8O.Ti/c1-27-26-36(4,29(3)28(27)2)40(33-20-14-17-30(23-33)37(5,6)7,34-21-15-18-31(24-34)38(8,9)10)35-22-16-19-32(25-35)39(11,12)13;3*1-3(2)4;/h14-25H,1-13H3;3*3-4H,1-2H3;/q-1;;;;. The molecule has 1 aliphatic carbocycles. The predicted octanol–water partition coefficient (Wildman–Crippen LogP) is 7.81. The Morgan fingerprint density at radius 1 is 0.491 bits per heavy atom. The first-order valence-electron chi connectivity index (χ1n) is 19.2. The Morgan fingerprint density at radius 3 is 0.906 bits per heavy atom. The van der Waals surface area contributed by atoms with E-state index in [-0.39, 0.29) is 45.1 Å². The van der Waals surface area contributed by atoms with Crippen LogP contribution in [0.1, 0.15) is 69.2 Å². The van der Waals surface area contributed by atoms with E-state index in [4.69, 9.17) is 15.3 Å². The van der Waals surface area contributed by atoms with Gasteiger partial charge in [-0.1, -0.05) is 173 Å². The molecule has 0 amide bonds. The van der Waals surface area contributed by atoms with Gasteiger partial charge in [-0.2, -0.15) is 11.1 Å². The molecule has 4 rings (SSSR count). The molecule has 0 spiro atoms. The van der Waals surface area contributed by atoms with Crippen molar-refractivity contribution in [1.29, 1.82) is 0 Å². The monoisotopic (exact) mass is 823 g/mol. The zero-order valence-corrected chi connectivity index (χ0v) is 42.6. The van der Waals surface area contributed by atoms with Crippen LogP contribution in [0.4, 0.5) is 0 Å². The number of rotatable bonds is 7. The normalized spacial score (nSPS) is 16.2. The molecule has 8 heteroatoms. The van der Waals surface area contributed by atoms with E-state index in [1.165, 1.54) is 32.3 Å². The molecule has 1 aliphatic rings. The van der Waals surface area contributed by atoms with Crippen molar-refractivity contribution < 1.29 is 37.0 Å². The molecule has 3 N–H and O–H groups in total. The molecule has 0 radical (unpaired) electrons. The second kappa shape index (κ2) is 20.7. The van der Waals surface area contributed by atoms with E-state index >= 15 is 0 Å². The fourth-order valence-electron chi connectivity index (χ4n) is 6.62. The van der Waals surface area contributed by atoms with Gasteiger partial charge >= 0.3 is 0 Å². The van der Waals surface area contributed by atoms with E-state index in [9.17, 15) is 0 Å². The molecule has 1 atom stereocenters. The largest absolute Gasteiger partial charge is 0.394 e. The van der Waals surface area contributed by atoms with Crippen molar-refractivity contribution >= 4 is 63.4 Å². The van der Waals surface area contributed by atoms with E-state index in [0.717, 1.165) is 0 Å². The van der Waals surface area contributed by atoms with Gasteiger partial charge in [0.1, 0.15) is 8.07 Å². The third-order valence-electron chi connectivity index (χ3n) is 9.55. The Labute approximate surface area is 345 Å². The van der Waals surface area contributed by atoms with Gasteiger partial charge < -0.3 is 15.3 Å².